The van der Waals surface area contributed by atoms with Crippen LogP contribution in [0.4, 0.5) is 0 Å². The summed E-state index contributed by atoms with van der Waals surface area (Å²) in [4.78, 5) is 13.6. The van der Waals surface area contributed by atoms with Gasteiger partial charge in [-0.1, -0.05) is 50.6 Å². The molecule has 1 aliphatic carbocycles. The molecule has 0 saturated heterocycles. The molecule has 20 heavy (non-hydrogen) atoms. The van der Waals surface area contributed by atoms with Crippen LogP contribution in [-0.4, -0.2) is 17.4 Å². The molecule has 0 radical (unpaired) electrons. The molecule has 112 valence electrons. The highest BCUT2D eigenvalue weighted by Crippen LogP contribution is 2.30. The Morgan fingerprint density at radius 3 is 2.35 bits per heavy atom. The molecule has 0 aromatic carbocycles. The Kier molecular flexibility index (Phi) is 8.77. The van der Waals surface area contributed by atoms with Gasteiger partial charge in [-0.25, -0.2) is 0 Å². The van der Waals surface area contributed by atoms with Crippen LogP contribution in [0.5, 0.6) is 0 Å². The Balaban J connectivity index is 2.05. The van der Waals surface area contributed by atoms with Crippen LogP contribution in [-0.2, 0) is 4.79 Å². The number of hydrogen-bond donors (Lipinski definition) is 0. The van der Waals surface area contributed by atoms with Crippen LogP contribution >= 0.6 is 0 Å². The predicted molar refractivity (Wildman–Crippen MR) is 86.3 cm³/mol. The van der Waals surface area contributed by atoms with Gasteiger partial charge in [0.1, 0.15) is 0 Å². The van der Waals surface area contributed by atoms with Crippen LogP contribution in [0.15, 0.2) is 37.1 Å². The Labute approximate surface area is 124 Å². The first kappa shape index (κ1) is 16.7. The zero-order valence-corrected chi connectivity index (χ0v) is 12.9. The van der Waals surface area contributed by atoms with E-state index in [0.717, 1.165) is 25.7 Å². The van der Waals surface area contributed by atoms with Crippen molar-refractivity contribution in [1.82, 2.24) is 4.90 Å². The van der Waals surface area contributed by atoms with Crippen LogP contribution in [0.1, 0.15) is 58.3 Å². The van der Waals surface area contributed by atoms with Crippen molar-refractivity contribution in [2.75, 3.05) is 6.54 Å². The van der Waals surface area contributed by atoms with Gasteiger partial charge in [-0.2, -0.15) is 0 Å². The lowest BCUT2D eigenvalue weighted by molar-refractivity contribution is -0.129. The minimum atomic E-state index is 0.237. The van der Waals surface area contributed by atoms with E-state index in [4.69, 9.17) is 0 Å². The molecule has 0 N–H and O–H groups in total. The number of hydrogen-bond acceptors (Lipinski definition) is 1. The molecule has 0 aromatic heterocycles. The number of nitrogens with zero attached hydrogens (tertiary/aromatic N) is 1. The molecule has 0 unspecified atom stereocenters. The first-order chi connectivity index (χ1) is 9.79. The van der Waals surface area contributed by atoms with Crippen LogP contribution in [0.3, 0.4) is 0 Å². The molecule has 2 nitrogen and oxygen atoms in total. The third kappa shape index (κ3) is 7.32. The van der Waals surface area contributed by atoms with Gasteiger partial charge in [0.2, 0.25) is 5.91 Å². The lowest BCUT2D eigenvalue weighted by Gasteiger charge is -2.15. The lowest BCUT2D eigenvalue weighted by atomic mass is 10.2. The largest absolute Gasteiger partial charge is 0.316 e. The normalized spacial score (nSPS) is 15.1. The van der Waals surface area contributed by atoms with Gasteiger partial charge in [0, 0.05) is 12.5 Å². The molecule has 0 aromatic rings. The van der Waals surface area contributed by atoms with Gasteiger partial charge >= 0.3 is 0 Å². The maximum absolute atomic E-state index is 11.8. The Bertz CT molecular complexity index is 339. The van der Waals surface area contributed by atoms with E-state index in [-0.39, 0.29) is 11.8 Å². The Hall–Kier alpha value is -1.31. The predicted octanol–water partition coefficient (Wildman–Crippen LogP) is 4.84. The SMILES string of the molecule is C=CN(C/C=C\CC/C=C\CCCCC)C(=O)C1CC1. The molecule has 2 heteroatoms. The summed E-state index contributed by atoms with van der Waals surface area (Å²) >= 11 is 0. The summed E-state index contributed by atoms with van der Waals surface area (Å²) < 4.78 is 0. The summed E-state index contributed by atoms with van der Waals surface area (Å²) in [6.45, 7) is 6.61. The zero-order valence-electron chi connectivity index (χ0n) is 12.9. The van der Waals surface area contributed by atoms with Gasteiger partial charge in [0.15, 0.2) is 0 Å². The quantitative estimate of drug-likeness (QED) is 0.390. The Morgan fingerprint density at radius 2 is 1.75 bits per heavy atom. The van der Waals surface area contributed by atoms with Crippen LogP contribution < -0.4 is 0 Å². The zero-order chi connectivity index (χ0) is 14.6. The summed E-state index contributed by atoms with van der Waals surface area (Å²) in [5.41, 5.74) is 0. The van der Waals surface area contributed by atoms with Gasteiger partial charge < -0.3 is 4.90 Å². The van der Waals surface area contributed by atoms with Crippen LogP contribution in [0.2, 0.25) is 0 Å². The molecule has 1 amide bonds. The third-order valence-electron chi connectivity index (χ3n) is 3.54. The highest BCUT2D eigenvalue weighted by molar-refractivity contribution is 5.82. The summed E-state index contributed by atoms with van der Waals surface area (Å²) in [5.74, 6) is 0.507. The fraction of sp³-hybridized carbons (Fsp3) is 0.611. The van der Waals surface area contributed by atoms with E-state index in [1.807, 2.05) is 0 Å². The van der Waals surface area contributed by atoms with E-state index in [1.54, 1.807) is 11.1 Å². The first-order valence-electron chi connectivity index (χ1n) is 8.02. The van der Waals surface area contributed by atoms with Gasteiger partial charge in [0.25, 0.3) is 0 Å². The molecule has 0 bridgehead atoms. The molecule has 1 rings (SSSR count). The van der Waals surface area contributed by atoms with Crippen molar-refractivity contribution in [1.29, 1.82) is 0 Å². The van der Waals surface area contributed by atoms with Crippen molar-refractivity contribution < 1.29 is 4.79 Å². The van der Waals surface area contributed by atoms with Crippen molar-refractivity contribution >= 4 is 5.91 Å². The lowest BCUT2D eigenvalue weighted by Crippen LogP contribution is -2.26. The summed E-state index contributed by atoms with van der Waals surface area (Å²) in [6, 6.07) is 0. The van der Waals surface area contributed by atoms with E-state index in [0.29, 0.717) is 6.54 Å². The minimum absolute atomic E-state index is 0.237. The smallest absolute Gasteiger partial charge is 0.229 e. The molecule has 1 aliphatic rings. The highest BCUT2D eigenvalue weighted by Gasteiger charge is 2.32. The second-order valence-electron chi connectivity index (χ2n) is 5.46. The molecular weight excluding hydrogens is 246 g/mol. The number of allylic oxidation sites excluding steroid dienone is 3. The van der Waals surface area contributed by atoms with Crippen molar-refractivity contribution in [2.24, 2.45) is 5.92 Å². The fourth-order valence-electron chi connectivity index (χ4n) is 2.07. The standard InChI is InChI=1S/C18H29NO/c1-3-5-6-7-8-9-10-11-12-13-16-19(4-2)18(20)17-14-15-17/h4,8-9,12-13,17H,2-3,5-7,10-11,14-16H2,1H3/b9-8-,13-12-. The molecule has 0 atom stereocenters. The van der Waals surface area contributed by atoms with Crippen LogP contribution in [0.25, 0.3) is 0 Å². The van der Waals surface area contributed by atoms with Crippen molar-refractivity contribution in [3.05, 3.63) is 37.1 Å². The van der Waals surface area contributed by atoms with Gasteiger partial charge in [-0.15, -0.1) is 0 Å². The van der Waals surface area contributed by atoms with Crippen molar-refractivity contribution in [3.63, 3.8) is 0 Å². The van der Waals surface area contributed by atoms with Crippen molar-refractivity contribution in [2.45, 2.75) is 58.3 Å². The molecule has 0 aliphatic heterocycles. The average molecular weight is 275 g/mol. The second-order valence-corrected chi connectivity index (χ2v) is 5.46. The summed E-state index contributed by atoms with van der Waals surface area (Å²) in [6.07, 6.45) is 19.8. The summed E-state index contributed by atoms with van der Waals surface area (Å²) in [5, 5.41) is 0. The number of carbonyl (C=O) groups is 1. The number of rotatable bonds is 11. The van der Waals surface area contributed by atoms with E-state index in [2.05, 4.69) is 37.8 Å². The summed E-state index contributed by atoms with van der Waals surface area (Å²) in [7, 11) is 0. The molecule has 1 saturated carbocycles. The van der Waals surface area contributed by atoms with Gasteiger partial charge in [0.05, 0.1) is 0 Å². The fourth-order valence-corrected chi connectivity index (χ4v) is 2.07. The molecule has 0 heterocycles. The second kappa shape index (κ2) is 10.5. The van der Waals surface area contributed by atoms with Gasteiger partial charge in [-0.05, 0) is 44.7 Å². The maximum atomic E-state index is 11.8. The monoisotopic (exact) mass is 275 g/mol. The topological polar surface area (TPSA) is 20.3 Å². The Morgan fingerprint density at radius 1 is 1.10 bits per heavy atom. The third-order valence-corrected chi connectivity index (χ3v) is 3.54. The maximum Gasteiger partial charge on any atom is 0.229 e. The molecule has 1 fully saturated rings. The number of carbonyl (C=O) groups excluding carboxylic acids is 1. The van der Waals surface area contributed by atoms with Crippen molar-refractivity contribution in [3.8, 4) is 0 Å². The minimum Gasteiger partial charge on any atom is -0.316 e. The van der Waals surface area contributed by atoms with E-state index in [9.17, 15) is 4.79 Å². The average Bonchev–Trinajstić information content (AvgIpc) is 3.29. The molecular formula is C18H29NO. The number of amides is 1. The first-order valence-corrected chi connectivity index (χ1v) is 8.02. The van der Waals surface area contributed by atoms with Crippen LogP contribution in [0, 0.1) is 5.92 Å². The highest BCUT2D eigenvalue weighted by atomic mass is 16.2. The molecule has 0 spiro atoms. The van der Waals surface area contributed by atoms with E-state index < -0.39 is 0 Å². The van der Waals surface area contributed by atoms with E-state index >= 15 is 0 Å². The van der Waals surface area contributed by atoms with E-state index in [1.165, 1.54) is 25.7 Å². The number of unbranched alkanes of at least 4 members (excludes halogenated alkanes) is 4. The van der Waals surface area contributed by atoms with Gasteiger partial charge in [-0.3, -0.25) is 4.79 Å².